The van der Waals surface area contributed by atoms with Crippen LogP contribution in [-0.4, -0.2) is 4.57 Å². The van der Waals surface area contributed by atoms with Crippen LogP contribution in [0.3, 0.4) is 0 Å². The summed E-state index contributed by atoms with van der Waals surface area (Å²) in [5, 5.41) is 0. The predicted octanol–water partition coefficient (Wildman–Crippen LogP) is 5.14. The molecule has 0 radical (unpaired) electrons. The molecule has 0 saturated carbocycles. The van der Waals surface area contributed by atoms with Gasteiger partial charge >= 0.3 is 0 Å². The molecule has 1 rings (SSSR count). The second kappa shape index (κ2) is 5.64. The Morgan fingerprint density at radius 2 is 1.95 bits per heavy atom. The first-order valence-electron chi connectivity index (χ1n) is 6.85. The summed E-state index contributed by atoms with van der Waals surface area (Å²) in [7, 11) is 2.09. The van der Waals surface area contributed by atoms with Crippen LogP contribution in [0.25, 0.3) is 5.57 Å². The van der Waals surface area contributed by atoms with E-state index in [9.17, 15) is 0 Å². The van der Waals surface area contributed by atoms with E-state index in [4.69, 9.17) is 0 Å². The lowest BCUT2D eigenvalue weighted by molar-refractivity contribution is 0.379. The summed E-state index contributed by atoms with van der Waals surface area (Å²) < 4.78 is 2.17. The van der Waals surface area contributed by atoms with Crippen LogP contribution in [0.2, 0.25) is 0 Å². The van der Waals surface area contributed by atoms with Gasteiger partial charge in [0.1, 0.15) is 0 Å². The summed E-state index contributed by atoms with van der Waals surface area (Å²) >= 11 is 0. The molecule has 19 heavy (non-hydrogen) atoms. The molecule has 0 spiro atoms. The highest BCUT2D eigenvalue weighted by Crippen LogP contribution is 2.41. The summed E-state index contributed by atoms with van der Waals surface area (Å²) in [5.74, 6) is 0.393. The molecule has 1 atom stereocenters. The van der Waals surface area contributed by atoms with Crippen molar-refractivity contribution >= 4 is 5.57 Å². The summed E-state index contributed by atoms with van der Waals surface area (Å²) in [6, 6.07) is 2.20. The molecular weight excluding hydrogens is 230 g/mol. The van der Waals surface area contributed by atoms with Crippen molar-refractivity contribution in [1.82, 2.24) is 4.57 Å². The van der Waals surface area contributed by atoms with Crippen molar-refractivity contribution in [3.8, 4) is 0 Å². The van der Waals surface area contributed by atoms with Crippen molar-refractivity contribution in [2.45, 2.75) is 34.6 Å². The standard InChI is InChI=1S/C18H27N/c1-9-13(3)17(14(4)18(6,7)10-2)16-11-12-19(8)15(16)5/h9-12,14H,1-2H2,3-8H3/b17-13-. The van der Waals surface area contributed by atoms with E-state index in [1.54, 1.807) is 0 Å². The van der Waals surface area contributed by atoms with Gasteiger partial charge in [-0.2, -0.15) is 0 Å². The van der Waals surface area contributed by atoms with Crippen LogP contribution in [0, 0.1) is 18.3 Å². The third-order valence-corrected chi connectivity index (χ3v) is 4.48. The number of hydrogen-bond donors (Lipinski definition) is 0. The van der Waals surface area contributed by atoms with Gasteiger partial charge in [0.15, 0.2) is 0 Å². The quantitative estimate of drug-likeness (QED) is 0.508. The highest BCUT2D eigenvalue weighted by atomic mass is 14.9. The Morgan fingerprint density at radius 3 is 2.32 bits per heavy atom. The van der Waals surface area contributed by atoms with Gasteiger partial charge in [-0.1, -0.05) is 39.5 Å². The van der Waals surface area contributed by atoms with E-state index in [0.29, 0.717) is 5.92 Å². The number of hydrogen-bond acceptors (Lipinski definition) is 0. The molecule has 0 amide bonds. The predicted molar refractivity (Wildman–Crippen MR) is 86.1 cm³/mol. The normalized spacial score (nSPS) is 14.8. The van der Waals surface area contributed by atoms with E-state index in [0.717, 1.165) is 0 Å². The smallest absolute Gasteiger partial charge is 0.0216 e. The summed E-state index contributed by atoms with van der Waals surface area (Å²) in [5.41, 5.74) is 5.29. The molecule has 0 saturated heterocycles. The topological polar surface area (TPSA) is 4.93 Å². The van der Waals surface area contributed by atoms with Crippen molar-refractivity contribution in [3.05, 3.63) is 54.4 Å². The van der Waals surface area contributed by atoms with Crippen LogP contribution in [0.4, 0.5) is 0 Å². The minimum absolute atomic E-state index is 0.0574. The highest BCUT2D eigenvalue weighted by Gasteiger charge is 2.28. The third kappa shape index (κ3) is 2.91. The molecule has 1 aromatic rings. The molecule has 0 aliphatic rings. The summed E-state index contributed by atoms with van der Waals surface area (Å²) in [6.07, 6.45) is 6.12. The third-order valence-electron chi connectivity index (χ3n) is 4.48. The van der Waals surface area contributed by atoms with Gasteiger partial charge in [-0.15, -0.1) is 6.58 Å². The summed E-state index contributed by atoms with van der Waals surface area (Å²) in [6.45, 7) is 19.0. The van der Waals surface area contributed by atoms with Crippen LogP contribution < -0.4 is 0 Å². The van der Waals surface area contributed by atoms with E-state index in [1.165, 1.54) is 22.4 Å². The van der Waals surface area contributed by atoms with E-state index < -0.39 is 0 Å². The molecule has 1 aromatic heterocycles. The molecule has 0 N–H and O–H groups in total. The minimum atomic E-state index is 0.0574. The Labute approximate surface area is 118 Å². The van der Waals surface area contributed by atoms with Gasteiger partial charge in [0.25, 0.3) is 0 Å². The molecule has 0 fully saturated rings. The maximum absolute atomic E-state index is 3.99. The second-order valence-electron chi connectivity index (χ2n) is 5.97. The zero-order valence-corrected chi connectivity index (χ0v) is 13.2. The molecule has 0 aliphatic heterocycles. The van der Waals surface area contributed by atoms with Gasteiger partial charge in [0.05, 0.1) is 0 Å². The Hall–Kier alpha value is -1.50. The van der Waals surface area contributed by atoms with E-state index >= 15 is 0 Å². The molecule has 1 unspecified atom stereocenters. The van der Waals surface area contributed by atoms with Crippen LogP contribution >= 0.6 is 0 Å². The number of aromatic nitrogens is 1. The van der Waals surface area contributed by atoms with Gasteiger partial charge < -0.3 is 4.57 Å². The average Bonchev–Trinajstić information content (AvgIpc) is 2.70. The van der Waals surface area contributed by atoms with E-state index in [1.807, 2.05) is 12.2 Å². The maximum Gasteiger partial charge on any atom is 0.0216 e. The minimum Gasteiger partial charge on any atom is -0.354 e. The first kappa shape index (κ1) is 15.6. The number of rotatable bonds is 5. The second-order valence-corrected chi connectivity index (χ2v) is 5.97. The SMILES string of the molecule is C=C/C(C)=C(\c1ccn(C)c1C)C(C)C(C)(C)C=C. The molecule has 0 aromatic carbocycles. The van der Waals surface area contributed by atoms with Gasteiger partial charge in [0.2, 0.25) is 0 Å². The molecule has 0 bridgehead atoms. The van der Waals surface area contributed by atoms with Crippen LogP contribution in [0.1, 0.15) is 39.0 Å². The number of aryl methyl sites for hydroxylation is 1. The van der Waals surface area contributed by atoms with Crippen molar-refractivity contribution in [2.75, 3.05) is 0 Å². The first-order valence-corrected chi connectivity index (χ1v) is 6.85. The Kier molecular flexibility index (Phi) is 4.62. The Balaban J connectivity index is 3.46. The van der Waals surface area contributed by atoms with Gasteiger partial charge in [0, 0.05) is 18.9 Å². The Bertz CT molecular complexity index is 512. The first-order chi connectivity index (χ1) is 8.76. The van der Waals surface area contributed by atoms with E-state index in [2.05, 4.69) is 71.7 Å². The lowest BCUT2D eigenvalue weighted by Gasteiger charge is -2.32. The lowest BCUT2D eigenvalue weighted by Crippen LogP contribution is -2.21. The molecule has 1 heteroatoms. The van der Waals surface area contributed by atoms with Gasteiger partial charge in [-0.05, 0) is 48.0 Å². The van der Waals surface area contributed by atoms with Crippen molar-refractivity contribution in [1.29, 1.82) is 0 Å². The zero-order valence-electron chi connectivity index (χ0n) is 13.2. The summed E-state index contributed by atoms with van der Waals surface area (Å²) in [4.78, 5) is 0. The van der Waals surface area contributed by atoms with Crippen LogP contribution in [0.15, 0.2) is 43.1 Å². The molecule has 0 aliphatic carbocycles. The van der Waals surface area contributed by atoms with Crippen molar-refractivity contribution < 1.29 is 0 Å². The Morgan fingerprint density at radius 1 is 1.37 bits per heavy atom. The van der Waals surface area contributed by atoms with Crippen molar-refractivity contribution in [2.24, 2.45) is 18.4 Å². The molecular formula is C18H27N. The van der Waals surface area contributed by atoms with Crippen LogP contribution in [-0.2, 0) is 7.05 Å². The average molecular weight is 257 g/mol. The molecule has 1 heterocycles. The van der Waals surface area contributed by atoms with Gasteiger partial charge in [-0.3, -0.25) is 0 Å². The monoisotopic (exact) mass is 257 g/mol. The number of nitrogens with zero attached hydrogens (tertiary/aromatic N) is 1. The van der Waals surface area contributed by atoms with Crippen LogP contribution in [0.5, 0.6) is 0 Å². The van der Waals surface area contributed by atoms with Gasteiger partial charge in [-0.25, -0.2) is 0 Å². The fourth-order valence-corrected chi connectivity index (χ4v) is 2.34. The largest absolute Gasteiger partial charge is 0.354 e. The van der Waals surface area contributed by atoms with Crippen molar-refractivity contribution in [3.63, 3.8) is 0 Å². The fraction of sp³-hybridized carbons (Fsp3) is 0.444. The zero-order chi connectivity index (χ0) is 14.8. The number of allylic oxidation sites excluding steroid dienone is 4. The highest BCUT2D eigenvalue weighted by molar-refractivity contribution is 5.74. The fourth-order valence-electron chi connectivity index (χ4n) is 2.34. The maximum atomic E-state index is 3.99. The molecule has 104 valence electrons. The molecule has 1 nitrogen and oxygen atoms in total. The lowest BCUT2D eigenvalue weighted by atomic mass is 9.72. The van der Waals surface area contributed by atoms with E-state index in [-0.39, 0.29) is 5.41 Å².